The van der Waals surface area contributed by atoms with Crippen LogP contribution in [-0.2, 0) is 10.3 Å². The number of hydrogen-bond acceptors (Lipinski definition) is 4. The molecule has 0 aliphatic carbocycles. The van der Waals surface area contributed by atoms with Gasteiger partial charge in [-0.2, -0.15) is 18.3 Å². The molecule has 2 aromatic rings. The molecule has 1 aromatic carbocycles. The number of nitrogens with zero attached hydrogens (tertiary/aromatic N) is 2. The van der Waals surface area contributed by atoms with E-state index in [1.54, 1.807) is 35.3 Å². The number of nitrogens with one attached hydrogen (secondary N) is 2. The number of carbonyl (C=O) groups excluding carboxylic acids is 1. The van der Waals surface area contributed by atoms with Gasteiger partial charge in [-0.1, -0.05) is 12.1 Å². The topological polar surface area (TPSA) is 68.2 Å². The Morgan fingerprint density at radius 1 is 1.32 bits per heavy atom. The van der Waals surface area contributed by atoms with Crippen LogP contribution in [0.2, 0.25) is 0 Å². The van der Waals surface area contributed by atoms with Gasteiger partial charge in [-0.25, -0.2) is 0 Å². The minimum atomic E-state index is -4.38. The van der Waals surface area contributed by atoms with Crippen molar-refractivity contribution in [1.82, 2.24) is 20.4 Å². The lowest BCUT2D eigenvalue weighted by molar-refractivity contribution is -0.153. The quantitative estimate of drug-likeness (QED) is 0.788. The number of carbonyl (C=O) groups is 1. The minimum Gasteiger partial charge on any atom is -0.484 e. The van der Waals surface area contributed by atoms with Crippen molar-refractivity contribution in [3.05, 3.63) is 48.3 Å². The Morgan fingerprint density at radius 3 is 2.57 bits per heavy atom. The van der Waals surface area contributed by atoms with Crippen LogP contribution in [0, 0.1) is 0 Å². The van der Waals surface area contributed by atoms with Crippen molar-refractivity contribution in [2.45, 2.75) is 37.5 Å². The van der Waals surface area contributed by atoms with Crippen LogP contribution in [0.25, 0.3) is 0 Å². The van der Waals surface area contributed by atoms with E-state index in [0.717, 1.165) is 5.56 Å². The molecule has 28 heavy (non-hydrogen) atoms. The third-order valence-corrected chi connectivity index (χ3v) is 4.93. The molecule has 1 atom stereocenters. The zero-order chi connectivity index (χ0) is 20.2. The lowest BCUT2D eigenvalue weighted by Crippen LogP contribution is -2.55. The average molecular weight is 396 g/mol. The van der Waals surface area contributed by atoms with E-state index in [-0.39, 0.29) is 17.7 Å². The Kier molecular flexibility index (Phi) is 5.93. The number of hydrogen-bond donors (Lipinski definition) is 2. The summed E-state index contributed by atoms with van der Waals surface area (Å²) in [4.78, 5) is 13.1. The lowest BCUT2D eigenvalue weighted by atomic mass is 9.87. The molecule has 0 spiro atoms. The SMILES string of the molecule is CC(NC(=O)C1(n2cccn2)CCNCC1)c1ccc(OCC(F)(F)F)cc1. The maximum Gasteiger partial charge on any atom is 0.422 e. The molecule has 1 aromatic heterocycles. The highest BCUT2D eigenvalue weighted by molar-refractivity contribution is 5.85. The first-order chi connectivity index (χ1) is 13.3. The fourth-order valence-electron chi connectivity index (χ4n) is 3.35. The van der Waals surface area contributed by atoms with Crippen LogP contribution < -0.4 is 15.4 Å². The first-order valence-electron chi connectivity index (χ1n) is 9.11. The third kappa shape index (κ3) is 4.64. The number of aromatic nitrogens is 2. The number of ether oxygens (including phenoxy) is 1. The van der Waals surface area contributed by atoms with Crippen LogP contribution in [0.1, 0.15) is 31.4 Å². The fourth-order valence-corrected chi connectivity index (χ4v) is 3.35. The number of alkyl halides is 3. The van der Waals surface area contributed by atoms with E-state index in [1.807, 2.05) is 6.92 Å². The molecule has 6 nitrogen and oxygen atoms in total. The summed E-state index contributed by atoms with van der Waals surface area (Å²) < 4.78 is 43.1. The van der Waals surface area contributed by atoms with Gasteiger partial charge in [0, 0.05) is 12.4 Å². The molecule has 3 rings (SSSR count). The summed E-state index contributed by atoms with van der Waals surface area (Å²) in [6.07, 6.45) is 0.313. The molecule has 2 heterocycles. The normalized spacial score (nSPS) is 17.7. The Morgan fingerprint density at radius 2 is 2.00 bits per heavy atom. The van der Waals surface area contributed by atoms with Gasteiger partial charge < -0.3 is 15.4 Å². The summed E-state index contributed by atoms with van der Waals surface area (Å²) >= 11 is 0. The van der Waals surface area contributed by atoms with Gasteiger partial charge in [-0.3, -0.25) is 9.48 Å². The third-order valence-electron chi connectivity index (χ3n) is 4.93. The molecule has 0 saturated carbocycles. The first-order valence-corrected chi connectivity index (χ1v) is 9.11. The van der Waals surface area contributed by atoms with E-state index in [4.69, 9.17) is 4.74 Å². The predicted molar refractivity (Wildman–Crippen MR) is 96.9 cm³/mol. The van der Waals surface area contributed by atoms with E-state index in [2.05, 4.69) is 15.7 Å². The zero-order valence-electron chi connectivity index (χ0n) is 15.5. The number of benzene rings is 1. The molecule has 1 unspecified atom stereocenters. The largest absolute Gasteiger partial charge is 0.484 e. The van der Waals surface area contributed by atoms with Crippen molar-refractivity contribution in [3.8, 4) is 5.75 Å². The second-order valence-electron chi connectivity index (χ2n) is 6.90. The maximum absolute atomic E-state index is 13.1. The molecule has 1 amide bonds. The highest BCUT2D eigenvalue weighted by Crippen LogP contribution is 2.29. The summed E-state index contributed by atoms with van der Waals surface area (Å²) in [5.41, 5.74) is 0.0240. The molecule has 1 saturated heterocycles. The highest BCUT2D eigenvalue weighted by atomic mass is 19.4. The van der Waals surface area contributed by atoms with Crippen molar-refractivity contribution >= 4 is 5.91 Å². The monoisotopic (exact) mass is 396 g/mol. The number of amides is 1. The van der Waals surface area contributed by atoms with Crippen molar-refractivity contribution in [1.29, 1.82) is 0 Å². The second-order valence-corrected chi connectivity index (χ2v) is 6.90. The maximum atomic E-state index is 13.1. The van der Waals surface area contributed by atoms with Gasteiger partial charge in [0.2, 0.25) is 5.91 Å². The minimum absolute atomic E-state index is 0.123. The molecule has 0 radical (unpaired) electrons. The Bertz CT molecular complexity index is 769. The Labute approximate surface area is 161 Å². The van der Waals surface area contributed by atoms with Gasteiger partial charge in [0.1, 0.15) is 11.3 Å². The van der Waals surface area contributed by atoms with Gasteiger partial charge in [-0.05, 0) is 56.6 Å². The standard InChI is InChI=1S/C19H23F3N4O2/c1-14(15-3-5-16(6-4-15)28-13-19(20,21)22)25-17(27)18(7-10-23-11-8-18)26-12-2-9-24-26/h2-6,9,12,14,23H,7-8,10-11,13H2,1H3,(H,25,27). The van der Waals surface area contributed by atoms with Gasteiger partial charge >= 0.3 is 6.18 Å². The van der Waals surface area contributed by atoms with Crippen LogP contribution in [-0.4, -0.2) is 41.6 Å². The molecular formula is C19H23F3N4O2. The average Bonchev–Trinajstić information content (AvgIpc) is 3.22. The summed E-state index contributed by atoms with van der Waals surface area (Å²) in [6, 6.07) is 7.72. The van der Waals surface area contributed by atoms with E-state index >= 15 is 0 Å². The Balaban J connectivity index is 1.67. The molecule has 1 aliphatic heterocycles. The number of halogens is 3. The molecule has 2 N–H and O–H groups in total. The molecule has 152 valence electrons. The van der Waals surface area contributed by atoms with E-state index < -0.39 is 18.3 Å². The van der Waals surface area contributed by atoms with E-state index in [1.165, 1.54) is 12.1 Å². The molecule has 9 heteroatoms. The fraction of sp³-hybridized carbons (Fsp3) is 0.474. The van der Waals surface area contributed by atoms with E-state index in [0.29, 0.717) is 25.9 Å². The second kappa shape index (κ2) is 8.22. The lowest BCUT2D eigenvalue weighted by Gasteiger charge is -2.37. The molecule has 1 fully saturated rings. The van der Waals surface area contributed by atoms with Crippen LogP contribution in [0.4, 0.5) is 13.2 Å². The number of rotatable bonds is 6. The van der Waals surface area contributed by atoms with Crippen LogP contribution >= 0.6 is 0 Å². The summed E-state index contributed by atoms with van der Waals surface area (Å²) in [7, 11) is 0. The van der Waals surface area contributed by atoms with Gasteiger partial charge in [0.15, 0.2) is 6.61 Å². The van der Waals surface area contributed by atoms with Crippen LogP contribution in [0.15, 0.2) is 42.7 Å². The van der Waals surface area contributed by atoms with Crippen molar-refractivity contribution in [3.63, 3.8) is 0 Å². The Hall–Kier alpha value is -2.55. The predicted octanol–water partition coefficient (Wildman–Crippen LogP) is 2.78. The number of piperidine rings is 1. The van der Waals surface area contributed by atoms with Crippen molar-refractivity contribution < 1.29 is 22.7 Å². The summed E-state index contributed by atoms with van der Waals surface area (Å²) in [6.45, 7) is 1.93. The summed E-state index contributed by atoms with van der Waals surface area (Å²) in [5.74, 6) is 0.00793. The van der Waals surface area contributed by atoms with E-state index in [9.17, 15) is 18.0 Å². The van der Waals surface area contributed by atoms with Crippen molar-refractivity contribution in [2.75, 3.05) is 19.7 Å². The van der Waals surface area contributed by atoms with Crippen molar-refractivity contribution in [2.24, 2.45) is 0 Å². The van der Waals surface area contributed by atoms with Gasteiger partial charge in [0.25, 0.3) is 0 Å². The van der Waals surface area contributed by atoms with Gasteiger partial charge in [-0.15, -0.1) is 0 Å². The highest BCUT2D eigenvalue weighted by Gasteiger charge is 2.42. The van der Waals surface area contributed by atoms with Crippen LogP contribution in [0.5, 0.6) is 5.75 Å². The molecular weight excluding hydrogens is 373 g/mol. The first kappa shape index (κ1) is 20.2. The molecule has 1 aliphatic rings. The molecule has 0 bridgehead atoms. The summed E-state index contributed by atoms with van der Waals surface area (Å²) in [5, 5.41) is 10.6. The smallest absolute Gasteiger partial charge is 0.422 e. The van der Waals surface area contributed by atoms with Gasteiger partial charge in [0.05, 0.1) is 6.04 Å². The van der Waals surface area contributed by atoms with Crippen LogP contribution in [0.3, 0.4) is 0 Å². The zero-order valence-corrected chi connectivity index (χ0v) is 15.5.